The molecule has 1 aromatic heterocycles. The summed E-state index contributed by atoms with van der Waals surface area (Å²) < 4.78 is 7.40. The van der Waals surface area contributed by atoms with Crippen LogP contribution in [0.2, 0.25) is 0 Å². The van der Waals surface area contributed by atoms with Crippen LogP contribution in [0.4, 0.5) is 0 Å². The van der Waals surface area contributed by atoms with Crippen molar-refractivity contribution in [3.8, 4) is 0 Å². The molecule has 4 rings (SSSR count). The molecule has 0 unspecified atom stereocenters. The first kappa shape index (κ1) is 20.0. The molecule has 6 heteroatoms. The Morgan fingerprint density at radius 2 is 1.93 bits per heavy atom. The number of likely N-dealkylation sites (tertiary alicyclic amines) is 1. The van der Waals surface area contributed by atoms with Gasteiger partial charge in [-0.15, -0.1) is 0 Å². The Bertz CT molecular complexity index is 892. The van der Waals surface area contributed by atoms with Crippen molar-refractivity contribution in [2.45, 2.75) is 52.1 Å². The molecule has 0 atom stereocenters. The first-order valence-electron chi connectivity index (χ1n) is 10.8. The van der Waals surface area contributed by atoms with E-state index in [-0.39, 0.29) is 23.8 Å². The van der Waals surface area contributed by atoms with Crippen LogP contribution in [0.5, 0.6) is 0 Å². The van der Waals surface area contributed by atoms with Gasteiger partial charge in [0.25, 0.3) is 0 Å². The van der Waals surface area contributed by atoms with E-state index in [0.29, 0.717) is 12.5 Å². The lowest BCUT2D eigenvalue weighted by molar-refractivity contribution is -0.159. The number of carbonyl (C=O) groups excluding carboxylic acids is 2. The van der Waals surface area contributed by atoms with E-state index in [1.54, 1.807) is 0 Å². The third-order valence-electron chi connectivity index (χ3n) is 6.49. The second-order valence-electron chi connectivity index (χ2n) is 8.69. The fourth-order valence-corrected chi connectivity index (χ4v) is 4.78. The SMILES string of the molecule is CCOC(=O)C1(CC2CC2)CCN(Cc2cn(CC(N)=O)c3ccccc23)CC1. The maximum Gasteiger partial charge on any atom is 0.312 e. The molecule has 2 heterocycles. The molecular formula is C23H31N3O3. The zero-order chi connectivity index (χ0) is 20.4. The lowest BCUT2D eigenvalue weighted by Crippen LogP contribution is -2.45. The van der Waals surface area contributed by atoms with Crippen molar-refractivity contribution < 1.29 is 14.3 Å². The van der Waals surface area contributed by atoms with E-state index in [0.717, 1.165) is 49.8 Å². The topological polar surface area (TPSA) is 77.6 Å². The number of primary amides is 1. The molecule has 2 aliphatic rings. The van der Waals surface area contributed by atoms with Crippen LogP contribution >= 0.6 is 0 Å². The highest BCUT2D eigenvalue weighted by molar-refractivity contribution is 5.86. The first-order chi connectivity index (χ1) is 14.0. The van der Waals surface area contributed by atoms with Crippen LogP contribution in [-0.4, -0.2) is 41.0 Å². The molecule has 29 heavy (non-hydrogen) atoms. The van der Waals surface area contributed by atoms with Gasteiger partial charge in [-0.3, -0.25) is 14.5 Å². The van der Waals surface area contributed by atoms with Crippen molar-refractivity contribution in [2.75, 3.05) is 19.7 Å². The highest BCUT2D eigenvalue weighted by Crippen LogP contribution is 2.46. The number of rotatable bonds is 8. The number of ether oxygens (including phenoxy) is 1. The molecule has 156 valence electrons. The standard InChI is InChI=1S/C23H31N3O3/c1-2-29-22(28)23(13-17-7-8-17)9-11-25(12-10-23)14-18-15-26(16-21(24)27)20-6-4-3-5-19(18)20/h3-6,15,17H,2,7-14,16H2,1H3,(H2,24,27). The third kappa shape index (κ3) is 4.32. The number of nitrogens with zero attached hydrogens (tertiary/aromatic N) is 2. The smallest absolute Gasteiger partial charge is 0.312 e. The van der Waals surface area contributed by atoms with Crippen molar-refractivity contribution in [1.29, 1.82) is 0 Å². The molecule has 1 saturated carbocycles. The number of hydrogen-bond acceptors (Lipinski definition) is 4. The Morgan fingerprint density at radius 1 is 1.21 bits per heavy atom. The predicted molar refractivity (Wildman–Crippen MR) is 112 cm³/mol. The molecule has 1 aliphatic heterocycles. The van der Waals surface area contributed by atoms with E-state index in [2.05, 4.69) is 11.0 Å². The van der Waals surface area contributed by atoms with Crippen molar-refractivity contribution >= 4 is 22.8 Å². The Balaban J connectivity index is 1.48. The van der Waals surface area contributed by atoms with E-state index in [1.165, 1.54) is 18.4 Å². The molecule has 1 amide bonds. The largest absolute Gasteiger partial charge is 0.466 e. The molecule has 0 spiro atoms. The van der Waals surface area contributed by atoms with E-state index < -0.39 is 0 Å². The van der Waals surface area contributed by atoms with Crippen molar-refractivity contribution in [3.05, 3.63) is 36.0 Å². The van der Waals surface area contributed by atoms with Crippen LogP contribution in [0.3, 0.4) is 0 Å². The summed E-state index contributed by atoms with van der Waals surface area (Å²) in [7, 11) is 0. The maximum atomic E-state index is 12.7. The van der Waals surface area contributed by atoms with Gasteiger partial charge < -0.3 is 15.0 Å². The summed E-state index contributed by atoms with van der Waals surface area (Å²) in [6.07, 6.45) is 7.27. The number of para-hydroxylation sites is 1. The zero-order valence-electron chi connectivity index (χ0n) is 17.2. The number of aromatic nitrogens is 1. The second-order valence-corrected chi connectivity index (χ2v) is 8.69. The molecule has 1 saturated heterocycles. The molecule has 0 radical (unpaired) electrons. The van der Waals surface area contributed by atoms with E-state index in [4.69, 9.17) is 10.5 Å². The van der Waals surface area contributed by atoms with Gasteiger partial charge in [0, 0.05) is 23.6 Å². The van der Waals surface area contributed by atoms with Gasteiger partial charge in [-0.2, -0.15) is 0 Å². The summed E-state index contributed by atoms with van der Waals surface area (Å²) in [6, 6.07) is 8.13. The number of piperidine rings is 1. The summed E-state index contributed by atoms with van der Waals surface area (Å²) in [4.78, 5) is 26.6. The van der Waals surface area contributed by atoms with Crippen LogP contribution < -0.4 is 5.73 Å². The quantitative estimate of drug-likeness (QED) is 0.695. The molecule has 1 aliphatic carbocycles. The highest BCUT2D eigenvalue weighted by atomic mass is 16.5. The Kier molecular flexibility index (Phi) is 5.63. The van der Waals surface area contributed by atoms with Crippen molar-refractivity contribution in [2.24, 2.45) is 17.1 Å². The predicted octanol–water partition coefficient (Wildman–Crippen LogP) is 3.07. The Labute approximate surface area is 172 Å². The number of esters is 1. The molecule has 1 aromatic carbocycles. The fourth-order valence-electron chi connectivity index (χ4n) is 4.78. The van der Waals surface area contributed by atoms with Gasteiger partial charge in [0.2, 0.25) is 5.91 Å². The van der Waals surface area contributed by atoms with E-state index in [9.17, 15) is 9.59 Å². The summed E-state index contributed by atoms with van der Waals surface area (Å²) in [5.41, 5.74) is 7.36. The number of hydrogen-bond donors (Lipinski definition) is 1. The minimum absolute atomic E-state index is 0.00427. The maximum absolute atomic E-state index is 12.7. The number of fused-ring (bicyclic) bond motifs is 1. The van der Waals surface area contributed by atoms with Gasteiger partial charge in [-0.25, -0.2) is 0 Å². The Hall–Kier alpha value is -2.34. The average molecular weight is 398 g/mol. The summed E-state index contributed by atoms with van der Waals surface area (Å²) in [5, 5.41) is 1.16. The molecule has 2 aromatic rings. The van der Waals surface area contributed by atoms with Gasteiger partial charge >= 0.3 is 5.97 Å². The van der Waals surface area contributed by atoms with Crippen molar-refractivity contribution in [3.63, 3.8) is 0 Å². The zero-order valence-corrected chi connectivity index (χ0v) is 17.2. The lowest BCUT2D eigenvalue weighted by atomic mass is 9.74. The second kappa shape index (κ2) is 8.19. The minimum atomic E-state index is -0.338. The minimum Gasteiger partial charge on any atom is -0.466 e. The molecular weight excluding hydrogens is 366 g/mol. The van der Waals surface area contributed by atoms with E-state index >= 15 is 0 Å². The monoisotopic (exact) mass is 397 g/mol. The van der Waals surface area contributed by atoms with Gasteiger partial charge in [-0.05, 0) is 56.8 Å². The van der Waals surface area contributed by atoms with Gasteiger partial charge in [0.1, 0.15) is 6.54 Å². The van der Waals surface area contributed by atoms with Gasteiger partial charge in [0.15, 0.2) is 0 Å². The number of amides is 1. The summed E-state index contributed by atoms with van der Waals surface area (Å²) in [6.45, 7) is 5.12. The number of nitrogens with two attached hydrogens (primary N) is 1. The highest BCUT2D eigenvalue weighted by Gasteiger charge is 2.46. The molecule has 6 nitrogen and oxygen atoms in total. The molecule has 2 N–H and O–H groups in total. The Morgan fingerprint density at radius 3 is 2.59 bits per heavy atom. The first-order valence-corrected chi connectivity index (χ1v) is 10.8. The number of carbonyl (C=O) groups is 2. The average Bonchev–Trinajstić information content (AvgIpc) is 3.46. The van der Waals surface area contributed by atoms with E-state index in [1.807, 2.05) is 35.9 Å². The third-order valence-corrected chi connectivity index (χ3v) is 6.49. The normalized spacial score (nSPS) is 19.3. The van der Waals surface area contributed by atoms with Gasteiger partial charge in [-0.1, -0.05) is 31.0 Å². The molecule has 2 fully saturated rings. The summed E-state index contributed by atoms with van der Waals surface area (Å²) in [5.74, 6) is 0.372. The van der Waals surface area contributed by atoms with Crippen LogP contribution in [0.15, 0.2) is 30.5 Å². The molecule has 0 bridgehead atoms. The van der Waals surface area contributed by atoms with Crippen LogP contribution in [0, 0.1) is 11.3 Å². The van der Waals surface area contributed by atoms with Crippen molar-refractivity contribution in [1.82, 2.24) is 9.47 Å². The van der Waals surface area contributed by atoms with Crippen LogP contribution in [0.1, 0.15) is 44.6 Å². The fraction of sp³-hybridized carbons (Fsp3) is 0.565. The number of benzene rings is 1. The van der Waals surface area contributed by atoms with Crippen LogP contribution in [0.25, 0.3) is 10.9 Å². The summed E-state index contributed by atoms with van der Waals surface area (Å²) >= 11 is 0. The van der Waals surface area contributed by atoms with Crippen LogP contribution in [-0.2, 0) is 27.4 Å². The van der Waals surface area contributed by atoms with Gasteiger partial charge in [0.05, 0.1) is 12.0 Å². The lowest BCUT2D eigenvalue weighted by Gasteiger charge is -2.40.